The highest BCUT2D eigenvalue weighted by Gasteiger charge is 2.01. The number of nitrogens with one attached hydrogen (secondary N) is 1. The summed E-state index contributed by atoms with van der Waals surface area (Å²) < 4.78 is 5.23. The number of hydrogen-bond acceptors (Lipinski definition) is 3. The van der Waals surface area contributed by atoms with Crippen LogP contribution in [0.15, 0.2) is 0 Å². The first-order valence-electron chi connectivity index (χ1n) is 12.7. The minimum absolute atomic E-state index is 0.243. The molecule has 0 aromatic heterocycles. The molecule has 4 nitrogen and oxygen atoms in total. The number of hydrogen-bond donors (Lipinski definition) is 1. The molecule has 29 heavy (non-hydrogen) atoms. The van der Waals surface area contributed by atoms with Crippen LogP contribution in [0.2, 0.25) is 0 Å². The number of carbonyl (C=O) groups is 1. The van der Waals surface area contributed by atoms with Crippen molar-refractivity contribution in [3.8, 4) is 0 Å². The molecule has 0 rings (SSSR count). The van der Waals surface area contributed by atoms with E-state index in [-0.39, 0.29) is 6.09 Å². The molecule has 0 bridgehead atoms. The fourth-order valence-electron chi connectivity index (χ4n) is 3.61. The fraction of sp³-hybridized carbons (Fsp3) is 0.960. The highest BCUT2D eigenvalue weighted by molar-refractivity contribution is 5.66. The zero-order chi connectivity index (χ0) is 21.4. The van der Waals surface area contributed by atoms with E-state index in [1.807, 2.05) is 0 Å². The van der Waals surface area contributed by atoms with Crippen molar-refractivity contribution in [3.05, 3.63) is 0 Å². The van der Waals surface area contributed by atoms with Gasteiger partial charge >= 0.3 is 6.09 Å². The lowest BCUT2D eigenvalue weighted by Crippen LogP contribution is -2.25. The monoisotopic (exact) mass is 412 g/mol. The maximum atomic E-state index is 11.6. The number of rotatable bonds is 22. The molecule has 0 unspecified atom stereocenters. The van der Waals surface area contributed by atoms with E-state index in [0.717, 1.165) is 32.4 Å². The Kier molecular flexibility index (Phi) is 22.9. The van der Waals surface area contributed by atoms with Crippen LogP contribution in [-0.4, -0.2) is 44.8 Å². The Hall–Kier alpha value is -0.770. The van der Waals surface area contributed by atoms with Gasteiger partial charge in [-0.3, -0.25) is 0 Å². The summed E-state index contributed by atoms with van der Waals surface area (Å²) in [6, 6.07) is 0. The van der Waals surface area contributed by atoms with Gasteiger partial charge in [-0.1, -0.05) is 103 Å². The molecule has 4 heteroatoms. The molecule has 0 heterocycles. The van der Waals surface area contributed by atoms with Crippen LogP contribution in [0.4, 0.5) is 4.79 Å². The standard InChI is InChI=1S/C25H52N2O2/c1-4-5-6-7-8-9-10-11-12-13-14-15-16-19-22-26-25(28)29-24-21-18-17-20-23-27(2)3/h4-24H2,1-3H3,(H,26,28). The van der Waals surface area contributed by atoms with Crippen LogP contribution in [0.25, 0.3) is 0 Å². The molecule has 0 saturated carbocycles. The summed E-state index contributed by atoms with van der Waals surface area (Å²) in [6.45, 7) is 4.72. The minimum Gasteiger partial charge on any atom is -0.450 e. The zero-order valence-electron chi connectivity index (χ0n) is 20.1. The number of nitrogens with zero attached hydrogens (tertiary/aromatic N) is 1. The van der Waals surface area contributed by atoms with Gasteiger partial charge in [0.05, 0.1) is 6.61 Å². The first-order chi connectivity index (χ1) is 14.2. The van der Waals surface area contributed by atoms with Crippen LogP contribution in [0.3, 0.4) is 0 Å². The fourth-order valence-corrected chi connectivity index (χ4v) is 3.61. The molecule has 0 radical (unpaired) electrons. The van der Waals surface area contributed by atoms with E-state index in [1.165, 1.54) is 96.3 Å². The lowest BCUT2D eigenvalue weighted by Gasteiger charge is -2.09. The Balaban J connectivity index is 3.14. The number of alkyl carbamates (subject to hydrolysis) is 1. The van der Waals surface area contributed by atoms with Crippen LogP contribution in [0, 0.1) is 0 Å². The normalized spacial score (nSPS) is 11.2. The largest absolute Gasteiger partial charge is 0.450 e. The third kappa shape index (κ3) is 25.2. The molecule has 1 amide bonds. The van der Waals surface area contributed by atoms with Crippen LogP contribution < -0.4 is 5.32 Å². The van der Waals surface area contributed by atoms with E-state index in [1.54, 1.807) is 0 Å². The van der Waals surface area contributed by atoms with E-state index in [9.17, 15) is 4.79 Å². The van der Waals surface area contributed by atoms with Gasteiger partial charge in [-0.05, 0) is 39.9 Å². The number of unbranched alkanes of at least 4 members (excludes halogenated alkanes) is 16. The van der Waals surface area contributed by atoms with Crippen LogP contribution in [0.5, 0.6) is 0 Å². The van der Waals surface area contributed by atoms with Crippen molar-refractivity contribution in [2.75, 3.05) is 33.8 Å². The highest BCUT2D eigenvalue weighted by Crippen LogP contribution is 2.12. The summed E-state index contributed by atoms with van der Waals surface area (Å²) in [5, 5.41) is 2.88. The molecule has 0 fully saturated rings. The maximum absolute atomic E-state index is 11.6. The average molecular weight is 413 g/mol. The van der Waals surface area contributed by atoms with E-state index >= 15 is 0 Å². The van der Waals surface area contributed by atoms with Crippen molar-refractivity contribution in [2.45, 2.75) is 122 Å². The summed E-state index contributed by atoms with van der Waals surface area (Å²) in [7, 11) is 4.21. The molecular formula is C25H52N2O2. The van der Waals surface area contributed by atoms with Crippen LogP contribution in [0.1, 0.15) is 122 Å². The van der Waals surface area contributed by atoms with Gasteiger partial charge in [0.15, 0.2) is 0 Å². The van der Waals surface area contributed by atoms with E-state index in [0.29, 0.717) is 6.61 Å². The maximum Gasteiger partial charge on any atom is 0.407 e. The van der Waals surface area contributed by atoms with Gasteiger partial charge in [0.25, 0.3) is 0 Å². The van der Waals surface area contributed by atoms with Crippen molar-refractivity contribution in [1.82, 2.24) is 10.2 Å². The molecule has 0 saturated heterocycles. The molecule has 0 aliphatic rings. The lowest BCUT2D eigenvalue weighted by molar-refractivity contribution is 0.143. The third-order valence-electron chi connectivity index (χ3n) is 5.53. The van der Waals surface area contributed by atoms with Gasteiger partial charge in [0.1, 0.15) is 0 Å². The van der Waals surface area contributed by atoms with Crippen LogP contribution >= 0.6 is 0 Å². The molecule has 0 atom stereocenters. The van der Waals surface area contributed by atoms with Crippen molar-refractivity contribution >= 4 is 6.09 Å². The number of amides is 1. The second-order valence-corrected chi connectivity index (χ2v) is 8.88. The SMILES string of the molecule is CCCCCCCCCCCCCCCCNC(=O)OCCCCCCN(C)C. The van der Waals surface area contributed by atoms with Gasteiger partial charge in [0, 0.05) is 6.54 Å². The topological polar surface area (TPSA) is 41.6 Å². The number of ether oxygens (including phenoxy) is 1. The first-order valence-corrected chi connectivity index (χ1v) is 12.7. The molecular weight excluding hydrogens is 360 g/mol. The Bertz CT molecular complexity index is 335. The minimum atomic E-state index is -0.243. The highest BCUT2D eigenvalue weighted by atomic mass is 16.5. The van der Waals surface area contributed by atoms with Crippen molar-refractivity contribution in [1.29, 1.82) is 0 Å². The van der Waals surface area contributed by atoms with E-state index < -0.39 is 0 Å². The second-order valence-electron chi connectivity index (χ2n) is 8.88. The Morgan fingerprint density at radius 2 is 1.10 bits per heavy atom. The predicted molar refractivity (Wildman–Crippen MR) is 127 cm³/mol. The molecule has 174 valence electrons. The van der Waals surface area contributed by atoms with Crippen molar-refractivity contribution in [3.63, 3.8) is 0 Å². The van der Waals surface area contributed by atoms with Gasteiger partial charge in [-0.15, -0.1) is 0 Å². The van der Waals surface area contributed by atoms with Crippen molar-refractivity contribution < 1.29 is 9.53 Å². The summed E-state index contributed by atoms with van der Waals surface area (Å²) in [4.78, 5) is 13.8. The molecule has 0 aromatic carbocycles. The first kappa shape index (κ1) is 28.2. The number of carbonyl (C=O) groups excluding carboxylic acids is 1. The molecule has 1 N–H and O–H groups in total. The average Bonchev–Trinajstić information content (AvgIpc) is 2.70. The summed E-state index contributed by atoms with van der Waals surface area (Å²) in [6.07, 6.45) is 23.3. The second kappa shape index (κ2) is 23.5. The van der Waals surface area contributed by atoms with Crippen LogP contribution in [-0.2, 0) is 4.74 Å². The Morgan fingerprint density at radius 1 is 0.655 bits per heavy atom. The lowest BCUT2D eigenvalue weighted by atomic mass is 10.0. The third-order valence-corrected chi connectivity index (χ3v) is 5.53. The molecule has 0 aromatic rings. The summed E-state index contributed by atoms with van der Waals surface area (Å²) >= 11 is 0. The molecule has 0 aliphatic heterocycles. The zero-order valence-corrected chi connectivity index (χ0v) is 20.1. The van der Waals surface area contributed by atoms with Gasteiger partial charge in [-0.25, -0.2) is 4.79 Å². The van der Waals surface area contributed by atoms with Gasteiger partial charge in [0.2, 0.25) is 0 Å². The Labute approximate surface area is 182 Å². The smallest absolute Gasteiger partial charge is 0.407 e. The van der Waals surface area contributed by atoms with Gasteiger partial charge < -0.3 is 15.0 Å². The van der Waals surface area contributed by atoms with Gasteiger partial charge in [-0.2, -0.15) is 0 Å². The van der Waals surface area contributed by atoms with E-state index in [2.05, 4.69) is 31.2 Å². The Morgan fingerprint density at radius 3 is 1.62 bits per heavy atom. The summed E-state index contributed by atoms with van der Waals surface area (Å²) in [5.41, 5.74) is 0. The predicted octanol–water partition coefficient (Wildman–Crippen LogP) is 7.32. The van der Waals surface area contributed by atoms with Crippen molar-refractivity contribution in [2.24, 2.45) is 0 Å². The van der Waals surface area contributed by atoms with E-state index in [4.69, 9.17) is 4.74 Å². The quantitative estimate of drug-likeness (QED) is 0.189. The molecule has 0 spiro atoms. The molecule has 0 aliphatic carbocycles. The summed E-state index contributed by atoms with van der Waals surface area (Å²) in [5.74, 6) is 0.